The third kappa shape index (κ3) is 7.23. The Morgan fingerprint density at radius 2 is 1.91 bits per heavy atom. The Labute approximate surface area is 139 Å². The Bertz CT molecular complexity index is 504. The summed E-state index contributed by atoms with van der Waals surface area (Å²) in [6, 6.07) is 7.57. The van der Waals surface area contributed by atoms with Crippen molar-refractivity contribution in [2.24, 2.45) is 4.99 Å². The fraction of sp³-hybridized carbons (Fsp3) is 0.588. The first kappa shape index (κ1) is 19.1. The van der Waals surface area contributed by atoms with Gasteiger partial charge in [-0.05, 0) is 32.9 Å². The van der Waals surface area contributed by atoms with Crippen molar-refractivity contribution in [3.05, 3.63) is 24.3 Å². The molecule has 0 saturated carbocycles. The monoisotopic (exact) mass is 323 g/mol. The van der Waals surface area contributed by atoms with Gasteiger partial charge < -0.3 is 24.8 Å². The van der Waals surface area contributed by atoms with Crippen molar-refractivity contribution in [1.82, 2.24) is 10.6 Å². The maximum absolute atomic E-state index is 5.87. The Hall–Kier alpha value is -1.95. The molecule has 0 aliphatic carbocycles. The van der Waals surface area contributed by atoms with Gasteiger partial charge in [0.05, 0.1) is 19.3 Å². The Morgan fingerprint density at radius 1 is 1.22 bits per heavy atom. The van der Waals surface area contributed by atoms with Gasteiger partial charge in [0.15, 0.2) is 5.96 Å². The van der Waals surface area contributed by atoms with Crippen LogP contribution in [0.15, 0.2) is 29.3 Å². The van der Waals surface area contributed by atoms with Crippen LogP contribution >= 0.6 is 0 Å². The number of guanidine groups is 1. The highest BCUT2D eigenvalue weighted by Crippen LogP contribution is 2.19. The van der Waals surface area contributed by atoms with Crippen molar-refractivity contribution in [1.29, 1.82) is 0 Å². The van der Waals surface area contributed by atoms with Crippen LogP contribution < -0.4 is 20.1 Å². The van der Waals surface area contributed by atoms with Crippen molar-refractivity contribution >= 4 is 5.96 Å². The number of aliphatic imine (C=N–C) groups is 1. The first-order chi connectivity index (χ1) is 10.9. The third-order valence-electron chi connectivity index (χ3n) is 3.39. The lowest BCUT2D eigenvalue weighted by molar-refractivity contribution is 0.0268. The molecule has 1 aromatic rings. The molecule has 0 aliphatic heterocycles. The summed E-state index contributed by atoms with van der Waals surface area (Å²) in [5, 5.41) is 6.48. The Morgan fingerprint density at radius 3 is 2.52 bits per heavy atom. The highest BCUT2D eigenvalue weighted by Gasteiger charge is 2.16. The number of hydrogen-bond acceptors (Lipinski definition) is 4. The molecule has 0 heterocycles. The van der Waals surface area contributed by atoms with E-state index in [1.165, 1.54) is 0 Å². The largest absolute Gasteiger partial charge is 0.497 e. The second-order valence-electron chi connectivity index (χ2n) is 5.88. The molecule has 0 radical (unpaired) electrons. The molecule has 23 heavy (non-hydrogen) atoms. The van der Waals surface area contributed by atoms with Crippen molar-refractivity contribution in [3.8, 4) is 11.5 Å². The zero-order chi connectivity index (χ0) is 17.3. The van der Waals surface area contributed by atoms with Gasteiger partial charge in [0, 0.05) is 26.8 Å². The number of benzene rings is 1. The second kappa shape index (κ2) is 9.25. The summed E-state index contributed by atoms with van der Waals surface area (Å²) >= 11 is 0. The molecule has 0 aliphatic rings. The standard InChI is InChI=1S/C17H29N3O3/c1-13(23-15-9-7-8-14(10-15)21-5)11-19-16(18-4)20-12-17(2,3)22-6/h7-10,13H,11-12H2,1-6H3,(H2,18,19,20). The van der Waals surface area contributed by atoms with Crippen molar-refractivity contribution in [3.63, 3.8) is 0 Å². The molecule has 0 bridgehead atoms. The van der Waals surface area contributed by atoms with Gasteiger partial charge in [0.2, 0.25) is 0 Å². The van der Waals surface area contributed by atoms with Gasteiger partial charge in [0.25, 0.3) is 0 Å². The Balaban J connectivity index is 2.42. The quantitative estimate of drug-likeness (QED) is 0.566. The molecular weight excluding hydrogens is 294 g/mol. The van der Waals surface area contributed by atoms with Crippen LogP contribution in [0.3, 0.4) is 0 Å². The summed E-state index contributed by atoms with van der Waals surface area (Å²) in [5.74, 6) is 2.28. The number of nitrogens with zero attached hydrogens (tertiary/aromatic N) is 1. The highest BCUT2D eigenvalue weighted by molar-refractivity contribution is 5.79. The minimum atomic E-state index is -0.250. The molecule has 0 saturated heterocycles. The number of nitrogens with one attached hydrogen (secondary N) is 2. The van der Waals surface area contributed by atoms with Crippen LogP contribution in [-0.2, 0) is 4.74 Å². The lowest BCUT2D eigenvalue weighted by Gasteiger charge is -2.25. The van der Waals surface area contributed by atoms with Gasteiger partial charge in [-0.15, -0.1) is 0 Å². The molecule has 0 spiro atoms. The van der Waals surface area contributed by atoms with Crippen LogP contribution in [0.4, 0.5) is 0 Å². The van der Waals surface area contributed by atoms with Crippen molar-refractivity contribution < 1.29 is 14.2 Å². The van der Waals surface area contributed by atoms with Gasteiger partial charge in [-0.3, -0.25) is 4.99 Å². The number of ether oxygens (including phenoxy) is 3. The maximum atomic E-state index is 5.87. The summed E-state index contributed by atoms with van der Waals surface area (Å²) in [6.07, 6.45) is -0.0175. The summed E-state index contributed by atoms with van der Waals surface area (Å²) < 4.78 is 16.4. The lowest BCUT2D eigenvalue weighted by Crippen LogP contribution is -2.47. The number of hydrogen-bond donors (Lipinski definition) is 2. The molecular formula is C17H29N3O3. The van der Waals surface area contributed by atoms with Gasteiger partial charge in [-0.2, -0.15) is 0 Å². The lowest BCUT2D eigenvalue weighted by atomic mass is 10.1. The minimum absolute atomic E-state index is 0.0175. The maximum Gasteiger partial charge on any atom is 0.191 e. The predicted octanol–water partition coefficient (Wildman–Crippen LogP) is 2.05. The van der Waals surface area contributed by atoms with Crippen LogP contribution in [0, 0.1) is 0 Å². The van der Waals surface area contributed by atoms with E-state index in [4.69, 9.17) is 14.2 Å². The first-order valence-electron chi connectivity index (χ1n) is 7.70. The number of rotatable bonds is 8. The van der Waals surface area contributed by atoms with E-state index in [-0.39, 0.29) is 11.7 Å². The first-order valence-corrected chi connectivity index (χ1v) is 7.70. The van der Waals surface area contributed by atoms with E-state index in [0.29, 0.717) is 13.1 Å². The summed E-state index contributed by atoms with van der Waals surface area (Å²) in [7, 11) is 5.08. The normalized spacial score (nSPS) is 13.4. The Kier molecular flexibility index (Phi) is 7.68. The molecule has 2 N–H and O–H groups in total. The van der Waals surface area contributed by atoms with Crippen LogP contribution in [0.1, 0.15) is 20.8 Å². The molecule has 0 fully saturated rings. The molecule has 1 unspecified atom stereocenters. The molecule has 0 amide bonds. The van der Waals surface area contributed by atoms with E-state index in [1.807, 2.05) is 45.0 Å². The van der Waals surface area contributed by atoms with Crippen LogP contribution in [0.5, 0.6) is 11.5 Å². The number of methoxy groups -OCH3 is 2. The molecule has 0 aromatic heterocycles. The van der Waals surface area contributed by atoms with Gasteiger partial charge in [0.1, 0.15) is 17.6 Å². The van der Waals surface area contributed by atoms with Crippen LogP contribution in [-0.4, -0.2) is 52.0 Å². The molecule has 130 valence electrons. The molecule has 1 rings (SSSR count). The fourth-order valence-electron chi connectivity index (χ4n) is 1.78. The third-order valence-corrected chi connectivity index (χ3v) is 3.39. The summed E-state index contributed by atoms with van der Waals surface area (Å²) in [4.78, 5) is 4.20. The highest BCUT2D eigenvalue weighted by atomic mass is 16.5. The van der Waals surface area contributed by atoms with Gasteiger partial charge >= 0.3 is 0 Å². The van der Waals surface area contributed by atoms with E-state index < -0.39 is 0 Å². The summed E-state index contributed by atoms with van der Waals surface area (Å²) in [5.41, 5.74) is -0.250. The average Bonchev–Trinajstić information content (AvgIpc) is 2.55. The fourth-order valence-corrected chi connectivity index (χ4v) is 1.78. The summed E-state index contributed by atoms with van der Waals surface area (Å²) in [6.45, 7) is 7.32. The second-order valence-corrected chi connectivity index (χ2v) is 5.88. The zero-order valence-electron chi connectivity index (χ0n) is 15.0. The SMILES string of the molecule is CN=C(NCC(C)Oc1cccc(OC)c1)NCC(C)(C)OC. The van der Waals surface area contributed by atoms with E-state index >= 15 is 0 Å². The predicted molar refractivity (Wildman–Crippen MR) is 93.5 cm³/mol. The van der Waals surface area contributed by atoms with E-state index in [0.717, 1.165) is 17.5 Å². The van der Waals surface area contributed by atoms with Gasteiger partial charge in [-0.1, -0.05) is 6.07 Å². The van der Waals surface area contributed by atoms with E-state index in [1.54, 1.807) is 21.3 Å². The van der Waals surface area contributed by atoms with Crippen molar-refractivity contribution in [2.75, 3.05) is 34.4 Å². The zero-order valence-corrected chi connectivity index (χ0v) is 15.0. The molecule has 6 nitrogen and oxygen atoms in total. The van der Waals surface area contributed by atoms with Crippen molar-refractivity contribution in [2.45, 2.75) is 32.5 Å². The minimum Gasteiger partial charge on any atom is -0.497 e. The van der Waals surface area contributed by atoms with E-state index in [9.17, 15) is 0 Å². The molecule has 1 aromatic carbocycles. The average molecular weight is 323 g/mol. The van der Waals surface area contributed by atoms with Crippen LogP contribution in [0.2, 0.25) is 0 Å². The smallest absolute Gasteiger partial charge is 0.191 e. The van der Waals surface area contributed by atoms with E-state index in [2.05, 4.69) is 15.6 Å². The molecule has 1 atom stereocenters. The molecule has 6 heteroatoms. The van der Waals surface area contributed by atoms with Crippen LogP contribution in [0.25, 0.3) is 0 Å². The van der Waals surface area contributed by atoms with Gasteiger partial charge in [-0.25, -0.2) is 0 Å². The topological polar surface area (TPSA) is 64.1 Å².